The minimum absolute atomic E-state index is 0.0577. The standard InChI is InChI=1S/C23H22ClN3O5/c24-16-6-9-19(18(10-16)23(31)27-17-7-4-14(11-25)5-8-17)26-12-15-2-1-3-20(28)22(15)32-13-21(29)30/h1-10,26,28H,11-13,25H2,(H,27,31)(H,29,30). The number of aromatic hydroxyl groups is 1. The summed E-state index contributed by atoms with van der Waals surface area (Å²) in [5.41, 5.74) is 8.48. The van der Waals surface area contributed by atoms with E-state index in [1.165, 1.54) is 12.1 Å². The molecule has 0 aliphatic heterocycles. The Kier molecular flexibility index (Phi) is 7.54. The second kappa shape index (κ2) is 10.5. The zero-order chi connectivity index (χ0) is 23.1. The Morgan fingerprint density at radius 2 is 1.81 bits per heavy atom. The van der Waals surface area contributed by atoms with Gasteiger partial charge in [-0.05, 0) is 42.0 Å². The Morgan fingerprint density at radius 3 is 2.50 bits per heavy atom. The summed E-state index contributed by atoms with van der Waals surface area (Å²) in [6.07, 6.45) is 0. The molecule has 166 valence electrons. The molecule has 9 heteroatoms. The first kappa shape index (κ1) is 22.9. The molecule has 0 spiro atoms. The summed E-state index contributed by atoms with van der Waals surface area (Å²) in [4.78, 5) is 23.7. The SMILES string of the molecule is NCc1ccc(NC(=O)c2cc(Cl)ccc2NCc2cccc(O)c2OCC(=O)O)cc1. The molecule has 0 unspecified atom stereocenters. The molecule has 3 rings (SSSR count). The molecular formula is C23H22ClN3O5. The summed E-state index contributed by atoms with van der Waals surface area (Å²) >= 11 is 6.11. The number of halogens is 1. The van der Waals surface area contributed by atoms with Gasteiger partial charge in [0, 0.05) is 35.1 Å². The highest BCUT2D eigenvalue weighted by Gasteiger charge is 2.15. The van der Waals surface area contributed by atoms with Gasteiger partial charge in [0.1, 0.15) is 0 Å². The lowest BCUT2D eigenvalue weighted by atomic mass is 10.1. The van der Waals surface area contributed by atoms with E-state index < -0.39 is 12.6 Å². The summed E-state index contributed by atoms with van der Waals surface area (Å²) in [5, 5.41) is 25.2. The van der Waals surface area contributed by atoms with Crippen molar-refractivity contribution in [2.75, 3.05) is 17.2 Å². The number of phenols is 1. The number of rotatable bonds is 9. The normalized spacial score (nSPS) is 10.4. The van der Waals surface area contributed by atoms with Gasteiger partial charge in [0.25, 0.3) is 5.91 Å². The molecular weight excluding hydrogens is 434 g/mol. The first-order valence-corrected chi connectivity index (χ1v) is 10.0. The number of aliphatic carboxylic acids is 1. The second-order valence-corrected chi connectivity index (χ2v) is 7.28. The number of benzene rings is 3. The number of hydrogen-bond donors (Lipinski definition) is 5. The quantitative estimate of drug-likeness (QED) is 0.331. The molecule has 0 bridgehead atoms. The van der Waals surface area contributed by atoms with E-state index in [0.717, 1.165) is 5.56 Å². The van der Waals surface area contributed by atoms with E-state index in [9.17, 15) is 14.7 Å². The monoisotopic (exact) mass is 455 g/mol. The topological polar surface area (TPSA) is 134 Å². The lowest BCUT2D eigenvalue weighted by Gasteiger charge is -2.16. The summed E-state index contributed by atoms with van der Waals surface area (Å²) in [7, 11) is 0. The van der Waals surface area contributed by atoms with E-state index in [1.54, 1.807) is 36.4 Å². The van der Waals surface area contributed by atoms with Crippen LogP contribution in [0, 0.1) is 0 Å². The molecule has 0 aliphatic carbocycles. The van der Waals surface area contributed by atoms with Crippen molar-refractivity contribution < 1.29 is 24.5 Å². The molecule has 0 heterocycles. The molecule has 0 fully saturated rings. The number of phenolic OH excluding ortho intramolecular Hbond substituents is 1. The number of amides is 1. The van der Waals surface area contributed by atoms with Crippen LogP contribution in [0.25, 0.3) is 0 Å². The maximum atomic E-state index is 12.9. The van der Waals surface area contributed by atoms with E-state index >= 15 is 0 Å². The first-order valence-electron chi connectivity index (χ1n) is 9.66. The predicted octanol–water partition coefficient (Wildman–Crippen LogP) is 3.83. The number of anilines is 2. The minimum atomic E-state index is -1.16. The molecule has 0 aliphatic rings. The number of nitrogens with two attached hydrogens (primary N) is 1. The van der Waals surface area contributed by atoms with Crippen molar-refractivity contribution in [2.45, 2.75) is 13.1 Å². The zero-order valence-electron chi connectivity index (χ0n) is 17.0. The van der Waals surface area contributed by atoms with Gasteiger partial charge in [0.2, 0.25) is 0 Å². The Balaban J connectivity index is 1.79. The van der Waals surface area contributed by atoms with Gasteiger partial charge in [0.15, 0.2) is 18.1 Å². The van der Waals surface area contributed by atoms with Gasteiger partial charge >= 0.3 is 5.97 Å². The number of ether oxygens (including phenoxy) is 1. The van der Waals surface area contributed by atoms with Crippen molar-refractivity contribution in [3.8, 4) is 11.5 Å². The number of nitrogens with one attached hydrogen (secondary N) is 2. The van der Waals surface area contributed by atoms with Crippen LogP contribution in [0.15, 0.2) is 60.7 Å². The highest BCUT2D eigenvalue weighted by molar-refractivity contribution is 6.31. The van der Waals surface area contributed by atoms with Gasteiger partial charge < -0.3 is 31.3 Å². The van der Waals surface area contributed by atoms with Crippen molar-refractivity contribution in [3.05, 3.63) is 82.4 Å². The lowest BCUT2D eigenvalue weighted by molar-refractivity contribution is -0.139. The van der Waals surface area contributed by atoms with Crippen LogP contribution in [0.1, 0.15) is 21.5 Å². The maximum absolute atomic E-state index is 12.9. The summed E-state index contributed by atoms with van der Waals surface area (Å²) in [6.45, 7) is -0.0254. The summed E-state index contributed by atoms with van der Waals surface area (Å²) in [6, 6.07) is 16.7. The van der Waals surface area contributed by atoms with Crippen molar-refractivity contribution in [3.63, 3.8) is 0 Å². The van der Waals surface area contributed by atoms with E-state index in [2.05, 4.69) is 10.6 Å². The average molecular weight is 456 g/mol. The molecule has 32 heavy (non-hydrogen) atoms. The summed E-state index contributed by atoms with van der Waals surface area (Å²) in [5.74, 6) is -1.65. The van der Waals surface area contributed by atoms with Crippen LogP contribution in [-0.4, -0.2) is 28.7 Å². The van der Waals surface area contributed by atoms with Crippen molar-refractivity contribution in [2.24, 2.45) is 5.73 Å². The smallest absolute Gasteiger partial charge is 0.341 e. The van der Waals surface area contributed by atoms with Gasteiger partial charge in [-0.15, -0.1) is 0 Å². The Labute approximate surface area is 189 Å². The van der Waals surface area contributed by atoms with Crippen molar-refractivity contribution in [1.29, 1.82) is 0 Å². The fourth-order valence-electron chi connectivity index (χ4n) is 2.98. The largest absolute Gasteiger partial charge is 0.504 e. The molecule has 0 saturated heterocycles. The fourth-order valence-corrected chi connectivity index (χ4v) is 3.15. The Hall–Kier alpha value is -3.75. The molecule has 6 N–H and O–H groups in total. The van der Waals surface area contributed by atoms with E-state index in [-0.39, 0.29) is 24.0 Å². The lowest BCUT2D eigenvalue weighted by Crippen LogP contribution is -2.15. The zero-order valence-corrected chi connectivity index (χ0v) is 17.7. The van der Waals surface area contributed by atoms with Crippen molar-refractivity contribution in [1.82, 2.24) is 0 Å². The summed E-state index contributed by atoms with van der Waals surface area (Å²) < 4.78 is 5.21. The highest BCUT2D eigenvalue weighted by Crippen LogP contribution is 2.31. The van der Waals surface area contributed by atoms with Gasteiger partial charge in [-0.25, -0.2) is 4.79 Å². The third-order valence-corrected chi connectivity index (χ3v) is 4.79. The van der Waals surface area contributed by atoms with Crippen LogP contribution >= 0.6 is 11.6 Å². The maximum Gasteiger partial charge on any atom is 0.341 e. The number of carbonyl (C=O) groups excluding carboxylic acids is 1. The van der Waals surface area contributed by atoms with E-state index in [4.69, 9.17) is 27.2 Å². The Bertz CT molecular complexity index is 1120. The van der Waals surface area contributed by atoms with Crippen LogP contribution in [0.5, 0.6) is 11.5 Å². The highest BCUT2D eigenvalue weighted by atomic mass is 35.5. The Morgan fingerprint density at radius 1 is 1.06 bits per heavy atom. The molecule has 0 radical (unpaired) electrons. The predicted molar refractivity (Wildman–Crippen MR) is 122 cm³/mol. The molecule has 0 aromatic heterocycles. The van der Waals surface area contributed by atoms with Crippen LogP contribution in [0.2, 0.25) is 5.02 Å². The van der Waals surface area contributed by atoms with E-state index in [1.807, 2.05) is 12.1 Å². The third-order valence-electron chi connectivity index (χ3n) is 4.56. The second-order valence-electron chi connectivity index (χ2n) is 6.85. The van der Waals surface area contributed by atoms with Crippen LogP contribution in [-0.2, 0) is 17.9 Å². The van der Waals surface area contributed by atoms with Gasteiger partial charge in [-0.2, -0.15) is 0 Å². The van der Waals surface area contributed by atoms with Crippen molar-refractivity contribution >= 4 is 34.9 Å². The van der Waals surface area contributed by atoms with E-state index in [0.29, 0.717) is 34.1 Å². The third kappa shape index (κ3) is 5.90. The molecule has 0 saturated carbocycles. The molecule has 0 atom stereocenters. The van der Waals surface area contributed by atoms with Gasteiger partial charge in [-0.1, -0.05) is 35.9 Å². The van der Waals surface area contributed by atoms with Crippen LogP contribution in [0.4, 0.5) is 11.4 Å². The number of para-hydroxylation sites is 1. The van der Waals surface area contributed by atoms with Gasteiger partial charge in [-0.3, -0.25) is 4.79 Å². The molecule has 8 nitrogen and oxygen atoms in total. The first-order chi connectivity index (χ1) is 15.4. The number of hydrogen-bond acceptors (Lipinski definition) is 6. The average Bonchev–Trinajstić information content (AvgIpc) is 2.78. The molecule has 3 aromatic carbocycles. The van der Waals surface area contributed by atoms with Gasteiger partial charge in [0.05, 0.1) is 5.56 Å². The number of carbonyl (C=O) groups is 2. The number of carboxylic acids is 1. The fraction of sp³-hybridized carbons (Fsp3) is 0.130. The molecule has 3 aromatic rings. The minimum Gasteiger partial charge on any atom is -0.504 e. The van der Waals surface area contributed by atoms with Crippen LogP contribution in [0.3, 0.4) is 0 Å². The number of carboxylic acid groups (broad SMARTS) is 1. The molecule has 1 amide bonds. The van der Waals surface area contributed by atoms with Crippen LogP contribution < -0.4 is 21.1 Å².